The molecule has 0 aliphatic rings. The first-order chi connectivity index (χ1) is 13.5. The highest BCUT2D eigenvalue weighted by Crippen LogP contribution is 2.25. The highest BCUT2D eigenvalue weighted by atomic mass is 32.2. The van der Waals surface area contributed by atoms with E-state index in [1.54, 1.807) is 22.8 Å². The molecule has 0 unspecified atom stereocenters. The number of nitrogens with zero attached hydrogens (tertiary/aromatic N) is 2. The van der Waals surface area contributed by atoms with E-state index in [1.165, 1.54) is 40.6 Å². The van der Waals surface area contributed by atoms with E-state index >= 15 is 0 Å². The SMILES string of the molecule is Cc1ccc(CSc2nc3ccccc3c(=O)n2-c2ccc(F)cc2)cc1C. The largest absolute Gasteiger partial charge is 0.268 e. The zero-order valence-electron chi connectivity index (χ0n) is 15.6. The smallest absolute Gasteiger partial charge is 0.266 e. The van der Waals surface area contributed by atoms with E-state index in [4.69, 9.17) is 4.98 Å². The number of fused-ring (bicyclic) bond motifs is 1. The Balaban J connectivity index is 1.81. The Morgan fingerprint density at radius 3 is 2.46 bits per heavy atom. The van der Waals surface area contributed by atoms with Crippen molar-refractivity contribution in [2.45, 2.75) is 24.8 Å². The molecule has 0 saturated heterocycles. The molecule has 4 rings (SSSR count). The molecule has 1 heterocycles. The van der Waals surface area contributed by atoms with Gasteiger partial charge in [0.1, 0.15) is 5.82 Å². The van der Waals surface area contributed by atoms with Gasteiger partial charge in [-0.1, -0.05) is 42.1 Å². The molecule has 0 amide bonds. The Bertz CT molecular complexity index is 1220. The van der Waals surface area contributed by atoms with Crippen molar-refractivity contribution in [3.63, 3.8) is 0 Å². The van der Waals surface area contributed by atoms with Gasteiger partial charge in [0.15, 0.2) is 5.16 Å². The van der Waals surface area contributed by atoms with Gasteiger partial charge in [0.05, 0.1) is 16.6 Å². The van der Waals surface area contributed by atoms with Crippen molar-refractivity contribution in [1.82, 2.24) is 9.55 Å². The summed E-state index contributed by atoms with van der Waals surface area (Å²) < 4.78 is 15.0. The number of halogens is 1. The number of para-hydroxylation sites is 1. The molecule has 0 bridgehead atoms. The third-order valence-electron chi connectivity index (χ3n) is 4.77. The quantitative estimate of drug-likeness (QED) is 0.344. The van der Waals surface area contributed by atoms with Gasteiger partial charge in [0, 0.05) is 5.75 Å². The predicted octanol–water partition coefficient (Wildman–Crippen LogP) is 5.43. The summed E-state index contributed by atoms with van der Waals surface area (Å²) in [5.41, 5.74) is 4.77. The first-order valence-electron chi connectivity index (χ1n) is 8.99. The van der Waals surface area contributed by atoms with Crippen LogP contribution in [0.4, 0.5) is 4.39 Å². The number of aryl methyl sites for hydroxylation is 2. The molecule has 0 radical (unpaired) electrons. The summed E-state index contributed by atoms with van der Waals surface area (Å²) >= 11 is 1.50. The van der Waals surface area contributed by atoms with Gasteiger partial charge in [0.2, 0.25) is 0 Å². The van der Waals surface area contributed by atoms with Crippen LogP contribution in [0.3, 0.4) is 0 Å². The van der Waals surface area contributed by atoms with Crippen LogP contribution >= 0.6 is 11.8 Å². The van der Waals surface area contributed by atoms with E-state index in [0.29, 0.717) is 27.5 Å². The molecule has 3 nitrogen and oxygen atoms in total. The second-order valence-electron chi connectivity index (χ2n) is 6.74. The van der Waals surface area contributed by atoms with E-state index in [0.717, 1.165) is 0 Å². The van der Waals surface area contributed by atoms with Crippen molar-refractivity contribution in [3.8, 4) is 5.69 Å². The van der Waals surface area contributed by atoms with Crippen LogP contribution in [0.15, 0.2) is 76.7 Å². The van der Waals surface area contributed by atoms with Gasteiger partial charge >= 0.3 is 0 Å². The van der Waals surface area contributed by atoms with Crippen LogP contribution in [0.2, 0.25) is 0 Å². The van der Waals surface area contributed by atoms with Gasteiger partial charge in [-0.3, -0.25) is 9.36 Å². The highest BCUT2D eigenvalue weighted by Gasteiger charge is 2.13. The number of hydrogen-bond donors (Lipinski definition) is 0. The van der Waals surface area contributed by atoms with Crippen LogP contribution in [0.1, 0.15) is 16.7 Å². The maximum Gasteiger partial charge on any atom is 0.266 e. The standard InChI is InChI=1S/C23H19FN2OS/c1-15-7-8-17(13-16(15)2)14-28-23-25-21-6-4-3-5-20(21)22(27)26(23)19-11-9-18(24)10-12-19/h3-13H,14H2,1-2H3. The van der Waals surface area contributed by atoms with E-state index in [1.807, 2.05) is 18.2 Å². The van der Waals surface area contributed by atoms with Crippen LogP contribution in [0.5, 0.6) is 0 Å². The fraction of sp³-hybridized carbons (Fsp3) is 0.130. The maximum absolute atomic E-state index is 13.4. The second-order valence-corrected chi connectivity index (χ2v) is 7.68. The fourth-order valence-electron chi connectivity index (χ4n) is 3.07. The molecule has 0 aliphatic heterocycles. The average molecular weight is 390 g/mol. The van der Waals surface area contributed by atoms with Gasteiger partial charge in [0.25, 0.3) is 5.56 Å². The molecule has 0 spiro atoms. The van der Waals surface area contributed by atoms with Crippen molar-refractivity contribution in [3.05, 3.63) is 99.6 Å². The Kier molecular flexibility index (Phi) is 5.01. The van der Waals surface area contributed by atoms with Crippen molar-refractivity contribution in [1.29, 1.82) is 0 Å². The number of rotatable bonds is 4. The van der Waals surface area contributed by atoms with E-state index in [2.05, 4.69) is 32.0 Å². The van der Waals surface area contributed by atoms with Gasteiger partial charge in [-0.2, -0.15) is 0 Å². The lowest BCUT2D eigenvalue weighted by molar-refractivity contribution is 0.627. The minimum atomic E-state index is -0.338. The van der Waals surface area contributed by atoms with Crippen molar-refractivity contribution in [2.75, 3.05) is 0 Å². The van der Waals surface area contributed by atoms with E-state index < -0.39 is 0 Å². The van der Waals surface area contributed by atoms with Gasteiger partial charge in [-0.05, 0) is 66.9 Å². The molecule has 0 saturated carbocycles. The van der Waals surface area contributed by atoms with Crippen LogP contribution in [-0.2, 0) is 5.75 Å². The molecule has 5 heteroatoms. The van der Waals surface area contributed by atoms with Crippen molar-refractivity contribution < 1.29 is 4.39 Å². The average Bonchev–Trinajstić information content (AvgIpc) is 2.70. The Labute approximate surface area is 166 Å². The van der Waals surface area contributed by atoms with Crippen molar-refractivity contribution >= 4 is 22.7 Å². The lowest BCUT2D eigenvalue weighted by Gasteiger charge is -2.13. The summed E-state index contributed by atoms with van der Waals surface area (Å²) in [6.07, 6.45) is 0. The number of benzene rings is 3. The van der Waals surface area contributed by atoms with Crippen molar-refractivity contribution in [2.24, 2.45) is 0 Å². The summed E-state index contributed by atoms with van der Waals surface area (Å²) in [4.78, 5) is 17.9. The summed E-state index contributed by atoms with van der Waals surface area (Å²) in [5.74, 6) is 0.350. The van der Waals surface area contributed by atoms with E-state index in [9.17, 15) is 9.18 Å². The Morgan fingerprint density at radius 2 is 1.71 bits per heavy atom. The fourth-order valence-corrected chi connectivity index (χ4v) is 4.02. The first kappa shape index (κ1) is 18.4. The summed E-state index contributed by atoms with van der Waals surface area (Å²) in [6.45, 7) is 4.18. The molecule has 0 aliphatic carbocycles. The molecular formula is C23H19FN2OS. The van der Waals surface area contributed by atoms with Crippen LogP contribution in [0, 0.1) is 19.7 Å². The third kappa shape index (κ3) is 3.58. The topological polar surface area (TPSA) is 34.9 Å². The van der Waals surface area contributed by atoms with Crippen LogP contribution < -0.4 is 5.56 Å². The first-order valence-corrected chi connectivity index (χ1v) is 9.98. The predicted molar refractivity (Wildman–Crippen MR) is 113 cm³/mol. The molecule has 0 atom stereocenters. The molecule has 1 aromatic heterocycles. The highest BCUT2D eigenvalue weighted by molar-refractivity contribution is 7.98. The molecule has 3 aromatic carbocycles. The second kappa shape index (κ2) is 7.60. The minimum Gasteiger partial charge on any atom is -0.268 e. The lowest BCUT2D eigenvalue weighted by atomic mass is 10.1. The van der Waals surface area contributed by atoms with E-state index in [-0.39, 0.29) is 11.4 Å². The van der Waals surface area contributed by atoms with Crippen LogP contribution in [-0.4, -0.2) is 9.55 Å². The summed E-state index contributed by atoms with van der Waals surface area (Å²) in [7, 11) is 0. The minimum absolute atomic E-state index is 0.153. The number of hydrogen-bond acceptors (Lipinski definition) is 3. The Hall–Kier alpha value is -2.92. The summed E-state index contributed by atoms with van der Waals surface area (Å²) in [5, 5.41) is 1.14. The molecule has 4 aromatic rings. The van der Waals surface area contributed by atoms with Gasteiger partial charge < -0.3 is 0 Å². The Morgan fingerprint density at radius 1 is 0.964 bits per heavy atom. The molecular weight excluding hydrogens is 371 g/mol. The molecule has 0 N–H and O–H groups in total. The maximum atomic E-state index is 13.4. The normalized spacial score (nSPS) is 11.1. The summed E-state index contributed by atoms with van der Waals surface area (Å²) in [6, 6.07) is 19.6. The number of aromatic nitrogens is 2. The molecule has 140 valence electrons. The third-order valence-corrected chi connectivity index (χ3v) is 5.78. The van der Waals surface area contributed by atoms with Gasteiger partial charge in [-0.15, -0.1) is 0 Å². The lowest BCUT2D eigenvalue weighted by Crippen LogP contribution is -2.21. The molecule has 0 fully saturated rings. The zero-order chi connectivity index (χ0) is 19.7. The monoisotopic (exact) mass is 390 g/mol. The van der Waals surface area contributed by atoms with Gasteiger partial charge in [-0.25, -0.2) is 9.37 Å². The number of thioether (sulfide) groups is 1. The molecule has 28 heavy (non-hydrogen) atoms. The van der Waals surface area contributed by atoms with Crippen LogP contribution in [0.25, 0.3) is 16.6 Å². The zero-order valence-corrected chi connectivity index (χ0v) is 16.5.